The van der Waals surface area contributed by atoms with Crippen LogP contribution in [0.5, 0.6) is 0 Å². The molecule has 0 aliphatic carbocycles. The molecule has 0 fully saturated rings. The summed E-state index contributed by atoms with van der Waals surface area (Å²) in [6.07, 6.45) is 33.6. The highest BCUT2D eigenvalue weighted by molar-refractivity contribution is 7.45. The predicted octanol–water partition coefficient (Wildman–Crippen LogP) is 10.5. The fourth-order valence-electron chi connectivity index (χ4n) is 5.43. The minimum atomic E-state index is -4.51. The Morgan fingerprint density at radius 3 is 1.67 bits per heavy atom. The number of carbonyl (C=O) groups is 1. The van der Waals surface area contributed by atoms with Gasteiger partial charge in [-0.15, -0.1) is 0 Å². The quantitative estimate of drug-likeness (QED) is 0.0209. The summed E-state index contributed by atoms with van der Waals surface area (Å²) in [4.78, 5) is 24.9. The van der Waals surface area contributed by atoms with E-state index in [0.29, 0.717) is 24.1 Å². The first-order chi connectivity index (χ1) is 23.1. The second-order valence-electron chi connectivity index (χ2n) is 14.6. The van der Waals surface area contributed by atoms with Crippen LogP contribution in [0.1, 0.15) is 174 Å². The second kappa shape index (κ2) is 33.4. The van der Waals surface area contributed by atoms with E-state index >= 15 is 0 Å². The van der Waals surface area contributed by atoms with Gasteiger partial charge in [-0.25, -0.2) is 0 Å². The molecule has 2 atom stereocenters. The molecule has 0 radical (unpaired) electrons. The first kappa shape index (κ1) is 47.2. The van der Waals surface area contributed by atoms with Crippen molar-refractivity contribution >= 4 is 13.8 Å². The third-order valence-electron chi connectivity index (χ3n) is 8.55. The molecule has 2 unspecified atom stereocenters. The molecule has 0 amide bonds. The average Bonchev–Trinajstić information content (AvgIpc) is 3.03. The van der Waals surface area contributed by atoms with E-state index in [1.165, 1.54) is 122 Å². The molecule has 0 spiro atoms. The molecule has 286 valence electrons. The van der Waals surface area contributed by atoms with E-state index in [1.807, 2.05) is 21.1 Å². The summed E-state index contributed by atoms with van der Waals surface area (Å²) in [7, 11) is 1.36. The Morgan fingerprint density at radius 2 is 1.12 bits per heavy atom. The molecule has 8 nitrogen and oxygen atoms in total. The van der Waals surface area contributed by atoms with Crippen molar-refractivity contribution in [1.29, 1.82) is 0 Å². The molecular weight excluding hydrogens is 625 g/mol. The van der Waals surface area contributed by atoms with Crippen LogP contribution in [-0.2, 0) is 27.9 Å². The number of esters is 1. The summed E-state index contributed by atoms with van der Waals surface area (Å²) in [5, 5.41) is 0. The number of phosphoric ester groups is 1. The highest BCUT2D eigenvalue weighted by atomic mass is 31.2. The van der Waals surface area contributed by atoms with Crippen LogP contribution in [0.4, 0.5) is 0 Å². The number of hydrogen-bond acceptors (Lipinski definition) is 7. The smallest absolute Gasteiger partial charge is 0.306 e. The molecule has 0 bridgehead atoms. The number of nitrogens with zero attached hydrogens (tertiary/aromatic N) is 1. The van der Waals surface area contributed by atoms with Crippen molar-refractivity contribution in [2.24, 2.45) is 0 Å². The summed E-state index contributed by atoms with van der Waals surface area (Å²) in [5.41, 5.74) is 0. The number of likely N-dealkylation sites (N-methyl/N-ethyl adjacent to an activating group) is 1. The molecule has 9 heteroatoms. The van der Waals surface area contributed by atoms with Gasteiger partial charge in [-0.1, -0.05) is 148 Å². The molecule has 48 heavy (non-hydrogen) atoms. The number of carbonyl (C=O) groups excluding carboxylic acids is 1. The minimum absolute atomic E-state index is 0.0278. The van der Waals surface area contributed by atoms with Gasteiger partial charge >= 0.3 is 5.97 Å². The predicted molar refractivity (Wildman–Crippen MR) is 199 cm³/mol. The number of phosphoric acid groups is 1. The molecule has 0 saturated carbocycles. The minimum Gasteiger partial charge on any atom is -0.756 e. The van der Waals surface area contributed by atoms with E-state index in [0.717, 1.165) is 32.1 Å². The molecule has 0 aliphatic heterocycles. The standard InChI is InChI=1S/C39H78NO7P/c1-6-8-10-12-14-16-18-19-20-21-22-24-26-28-30-32-39(41)47-38(37-46-48(42,43)45-35-33-40(3,4)5)36-44-34-31-29-27-25-23-17-15-13-11-9-7-2/h11,13,38H,6-10,12,14-37H2,1-5H3/b13-11-. The van der Waals surface area contributed by atoms with E-state index in [4.69, 9.17) is 18.5 Å². The fourth-order valence-corrected chi connectivity index (χ4v) is 6.16. The van der Waals surface area contributed by atoms with Crippen LogP contribution in [0, 0.1) is 0 Å². The van der Waals surface area contributed by atoms with Crippen LogP contribution in [0.3, 0.4) is 0 Å². The zero-order valence-corrected chi connectivity index (χ0v) is 33.1. The highest BCUT2D eigenvalue weighted by Gasteiger charge is 2.20. The molecule has 0 saturated heterocycles. The Balaban J connectivity index is 4.25. The molecule has 0 aliphatic rings. The van der Waals surface area contributed by atoms with Gasteiger partial charge in [-0.2, -0.15) is 0 Å². The third kappa shape index (κ3) is 36.5. The zero-order valence-electron chi connectivity index (χ0n) is 32.2. The van der Waals surface area contributed by atoms with E-state index in [-0.39, 0.29) is 25.8 Å². The molecule has 0 rings (SSSR count). The number of ether oxygens (including phenoxy) is 2. The summed E-state index contributed by atoms with van der Waals surface area (Å²) < 4.78 is 34.4. The van der Waals surface area contributed by atoms with Crippen LogP contribution in [0.25, 0.3) is 0 Å². The normalized spacial score (nSPS) is 14.0. The van der Waals surface area contributed by atoms with Gasteiger partial charge in [-0.3, -0.25) is 9.36 Å². The average molecular weight is 704 g/mol. The largest absolute Gasteiger partial charge is 0.756 e. The Morgan fingerprint density at radius 1 is 0.625 bits per heavy atom. The van der Waals surface area contributed by atoms with Gasteiger partial charge in [-0.05, 0) is 32.1 Å². The molecule has 0 aromatic heterocycles. The van der Waals surface area contributed by atoms with Gasteiger partial charge in [0.1, 0.15) is 19.3 Å². The maximum atomic E-state index is 12.6. The summed E-state index contributed by atoms with van der Waals surface area (Å²) in [5.74, 6) is -0.335. The molecule has 0 aromatic rings. The van der Waals surface area contributed by atoms with E-state index in [1.54, 1.807) is 0 Å². The van der Waals surface area contributed by atoms with Gasteiger partial charge < -0.3 is 27.9 Å². The summed E-state index contributed by atoms with van der Waals surface area (Å²) >= 11 is 0. The van der Waals surface area contributed by atoms with Crippen molar-refractivity contribution in [3.63, 3.8) is 0 Å². The molecular formula is C39H78NO7P. The van der Waals surface area contributed by atoms with Crippen LogP contribution >= 0.6 is 7.82 Å². The topological polar surface area (TPSA) is 94.1 Å². The zero-order chi connectivity index (χ0) is 35.6. The number of allylic oxidation sites excluding steroid dienone is 2. The Kier molecular flexibility index (Phi) is 32.9. The SMILES string of the molecule is CCC/C=C\CCCCCCCCOCC(COP(=O)([O-])OCC[N+](C)(C)C)OC(=O)CCCCCCCCCCCCCCCCC. The first-order valence-electron chi connectivity index (χ1n) is 19.9. The van der Waals surface area contributed by atoms with E-state index < -0.39 is 13.9 Å². The lowest BCUT2D eigenvalue weighted by atomic mass is 10.0. The number of unbranched alkanes of at least 4 members (excludes halogenated alkanes) is 21. The van der Waals surface area contributed by atoms with Crippen molar-refractivity contribution in [3.05, 3.63) is 12.2 Å². The van der Waals surface area contributed by atoms with Gasteiger partial charge in [0, 0.05) is 13.0 Å². The lowest BCUT2D eigenvalue weighted by molar-refractivity contribution is -0.870. The van der Waals surface area contributed by atoms with Crippen LogP contribution in [0.15, 0.2) is 12.2 Å². The van der Waals surface area contributed by atoms with Crippen LogP contribution in [0.2, 0.25) is 0 Å². The van der Waals surface area contributed by atoms with Gasteiger partial charge in [0.2, 0.25) is 0 Å². The lowest BCUT2D eigenvalue weighted by Gasteiger charge is -2.28. The fraction of sp³-hybridized carbons (Fsp3) is 0.923. The molecule has 0 N–H and O–H groups in total. The van der Waals surface area contributed by atoms with E-state index in [2.05, 4.69) is 26.0 Å². The van der Waals surface area contributed by atoms with Gasteiger partial charge in [0.25, 0.3) is 7.82 Å². The Hall–Kier alpha value is -0.760. The van der Waals surface area contributed by atoms with Crippen molar-refractivity contribution in [2.45, 2.75) is 180 Å². The van der Waals surface area contributed by atoms with Crippen LogP contribution < -0.4 is 4.89 Å². The number of quaternary nitrogens is 1. The number of hydrogen-bond donors (Lipinski definition) is 0. The van der Waals surface area contributed by atoms with Crippen molar-refractivity contribution in [2.75, 3.05) is 54.1 Å². The van der Waals surface area contributed by atoms with Crippen molar-refractivity contribution in [1.82, 2.24) is 0 Å². The Bertz CT molecular complexity index is 787. The van der Waals surface area contributed by atoms with Gasteiger partial charge in [0.15, 0.2) is 0 Å². The highest BCUT2D eigenvalue weighted by Crippen LogP contribution is 2.38. The molecule has 0 heterocycles. The van der Waals surface area contributed by atoms with Crippen molar-refractivity contribution < 1.29 is 37.3 Å². The maximum Gasteiger partial charge on any atom is 0.306 e. The second-order valence-corrected chi connectivity index (χ2v) is 16.1. The summed E-state index contributed by atoms with van der Waals surface area (Å²) in [6.45, 7) is 5.36. The van der Waals surface area contributed by atoms with Gasteiger partial charge in [0.05, 0.1) is 34.4 Å². The molecule has 0 aromatic carbocycles. The van der Waals surface area contributed by atoms with Crippen LogP contribution in [-0.4, -0.2) is 70.7 Å². The number of rotatable bonds is 37. The summed E-state index contributed by atoms with van der Waals surface area (Å²) in [6, 6.07) is 0. The maximum absolute atomic E-state index is 12.6. The first-order valence-corrected chi connectivity index (χ1v) is 21.4. The third-order valence-corrected chi connectivity index (χ3v) is 9.51. The monoisotopic (exact) mass is 704 g/mol. The Labute approximate surface area is 297 Å². The van der Waals surface area contributed by atoms with Crippen molar-refractivity contribution in [3.8, 4) is 0 Å². The van der Waals surface area contributed by atoms with E-state index in [9.17, 15) is 14.3 Å². The lowest BCUT2D eigenvalue weighted by Crippen LogP contribution is -2.37.